The highest BCUT2D eigenvalue weighted by atomic mass is 16.5. The minimum absolute atomic E-state index is 0.195. The largest absolute Gasteiger partial charge is 0.462 e. The number of rotatable bonds is 9. The summed E-state index contributed by atoms with van der Waals surface area (Å²) < 4.78 is 10.1. The average molecular weight is 437 g/mol. The van der Waals surface area contributed by atoms with Crippen LogP contribution in [0.1, 0.15) is 35.8 Å². The molecule has 0 saturated heterocycles. The lowest BCUT2D eigenvalue weighted by molar-refractivity contribution is -0.146. The molecule has 1 heterocycles. The Morgan fingerprint density at radius 2 is 1.72 bits per heavy atom. The van der Waals surface area contributed by atoms with E-state index in [1.165, 1.54) is 0 Å². The number of aromatic amines is 1. The Morgan fingerprint density at radius 3 is 2.44 bits per heavy atom. The third-order valence-electron chi connectivity index (χ3n) is 4.59. The molecular weight excluding hydrogens is 414 g/mol. The van der Waals surface area contributed by atoms with Gasteiger partial charge < -0.3 is 14.8 Å². The third-order valence-corrected chi connectivity index (χ3v) is 4.59. The highest BCUT2D eigenvalue weighted by Gasteiger charge is 2.14. The summed E-state index contributed by atoms with van der Waals surface area (Å²) >= 11 is 0. The molecule has 3 rings (SSSR count). The summed E-state index contributed by atoms with van der Waals surface area (Å²) in [6, 6.07) is 13.0. The van der Waals surface area contributed by atoms with Crippen LogP contribution in [0.2, 0.25) is 0 Å². The molecule has 1 amide bonds. The second-order valence-corrected chi connectivity index (χ2v) is 7.00. The van der Waals surface area contributed by atoms with Gasteiger partial charge in [0, 0.05) is 11.1 Å². The van der Waals surface area contributed by atoms with E-state index in [0.29, 0.717) is 34.3 Å². The number of unbranched alkanes of at least 4 members (excludes halogenated alkanes) is 1. The van der Waals surface area contributed by atoms with Gasteiger partial charge in [0.05, 0.1) is 29.7 Å². The third kappa shape index (κ3) is 6.00. The fourth-order valence-corrected chi connectivity index (χ4v) is 2.92. The van der Waals surface area contributed by atoms with Crippen LogP contribution in [0.5, 0.6) is 0 Å². The predicted octanol–water partition coefficient (Wildman–Crippen LogP) is 2.60. The van der Waals surface area contributed by atoms with Crippen LogP contribution in [0.15, 0.2) is 53.3 Å². The number of nitrogens with one attached hydrogen (secondary N) is 2. The quantitative estimate of drug-likeness (QED) is 0.389. The second kappa shape index (κ2) is 10.9. The van der Waals surface area contributed by atoms with Gasteiger partial charge in [0.15, 0.2) is 6.61 Å². The zero-order valence-corrected chi connectivity index (χ0v) is 17.6. The van der Waals surface area contributed by atoms with Crippen molar-refractivity contribution in [3.63, 3.8) is 0 Å². The minimum Gasteiger partial charge on any atom is -0.462 e. The van der Waals surface area contributed by atoms with Crippen LogP contribution in [0.25, 0.3) is 10.8 Å². The molecule has 0 fully saturated rings. The number of carbonyl (C=O) groups is 3. The van der Waals surface area contributed by atoms with Gasteiger partial charge in [-0.1, -0.05) is 31.5 Å². The summed E-state index contributed by atoms with van der Waals surface area (Å²) in [4.78, 5) is 47.9. The van der Waals surface area contributed by atoms with E-state index < -0.39 is 24.5 Å². The molecule has 0 saturated carbocycles. The molecule has 0 aliphatic rings. The van der Waals surface area contributed by atoms with E-state index in [-0.39, 0.29) is 12.0 Å². The number of benzene rings is 2. The molecule has 0 aliphatic carbocycles. The van der Waals surface area contributed by atoms with Crippen LogP contribution < -0.4 is 10.9 Å². The van der Waals surface area contributed by atoms with Crippen molar-refractivity contribution in [1.82, 2.24) is 10.2 Å². The van der Waals surface area contributed by atoms with Crippen molar-refractivity contribution in [2.45, 2.75) is 26.2 Å². The molecule has 0 radical (unpaired) electrons. The fraction of sp³-hybridized carbons (Fsp3) is 0.261. The molecule has 3 aromatic rings. The van der Waals surface area contributed by atoms with Gasteiger partial charge in [-0.15, -0.1) is 0 Å². The lowest BCUT2D eigenvalue weighted by Gasteiger charge is -2.08. The summed E-state index contributed by atoms with van der Waals surface area (Å²) in [6.45, 7) is 1.88. The molecule has 1 aromatic heterocycles. The summed E-state index contributed by atoms with van der Waals surface area (Å²) in [5, 5.41) is 9.81. The van der Waals surface area contributed by atoms with Crippen LogP contribution in [-0.2, 0) is 25.5 Å². The van der Waals surface area contributed by atoms with Crippen molar-refractivity contribution < 1.29 is 23.9 Å². The number of ether oxygens (including phenoxy) is 2. The van der Waals surface area contributed by atoms with E-state index >= 15 is 0 Å². The first-order valence-electron chi connectivity index (χ1n) is 10.2. The van der Waals surface area contributed by atoms with Gasteiger partial charge in [0.2, 0.25) is 0 Å². The minimum atomic E-state index is -0.657. The van der Waals surface area contributed by atoms with Crippen molar-refractivity contribution in [3.05, 3.63) is 70.1 Å². The van der Waals surface area contributed by atoms with E-state index in [1.807, 2.05) is 6.92 Å². The number of aromatic nitrogens is 2. The van der Waals surface area contributed by atoms with E-state index in [1.54, 1.807) is 48.5 Å². The van der Waals surface area contributed by atoms with Crippen LogP contribution in [-0.4, -0.2) is 41.3 Å². The van der Waals surface area contributed by atoms with Gasteiger partial charge in [-0.3, -0.25) is 14.4 Å². The Bertz CT molecular complexity index is 1170. The molecule has 0 bridgehead atoms. The maximum atomic E-state index is 12.1. The molecule has 166 valence electrons. The zero-order chi connectivity index (χ0) is 22.9. The molecule has 2 N–H and O–H groups in total. The second-order valence-electron chi connectivity index (χ2n) is 7.00. The number of esters is 2. The smallest absolute Gasteiger partial charge is 0.338 e. The van der Waals surface area contributed by atoms with E-state index in [9.17, 15) is 19.2 Å². The highest BCUT2D eigenvalue weighted by molar-refractivity contribution is 5.94. The topological polar surface area (TPSA) is 127 Å². The normalized spacial score (nSPS) is 10.5. The van der Waals surface area contributed by atoms with Gasteiger partial charge in [-0.25, -0.2) is 9.89 Å². The van der Waals surface area contributed by atoms with Gasteiger partial charge in [0.25, 0.3) is 11.5 Å². The fourth-order valence-electron chi connectivity index (χ4n) is 2.92. The Kier molecular flexibility index (Phi) is 7.69. The SMILES string of the molecule is CCCCOC(=O)c1ccc(NC(=O)COC(=O)Cc2n[nH]c(=O)c3ccccc23)cc1. The first-order valence-corrected chi connectivity index (χ1v) is 10.2. The first kappa shape index (κ1) is 22.7. The van der Waals surface area contributed by atoms with Crippen LogP contribution >= 0.6 is 0 Å². The Labute approximate surface area is 183 Å². The van der Waals surface area contributed by atoms with Crippen molar-refractivity contribution in [2.24, 2.45) is 0 Å². The van der Waals surface area contributed by atoms with Gasteiger partial charge in [-0.05, 0) is 36.8 Å². The average Bonchev–Trinajstić information content (AvgIpc) is 2.80. The van der Waals surface area contributed by atoms with E-state index in [4.69, 9.17) is 9.47 Å². The Morgan fingerprint density at radius 1 is 1.00 bits per heavy atom. The Hall–Kier alpha value is -4.01. The number of fused-ring (bicyclic) bond motifs is 1. The zero-order valence-electron chi connectivity index (χ0n) is 17.6. The summed E-state index contributed by atoms with van der Waals surface area (Å²) in [6.07, 6.45) is 1.54. The number of hydrogen-bond acceptors (Lipinski definition) is 7. The number of carbonyl (C=O) groups excluding carboxylic acids is 3. The number of amides is 1. The molecule has 32 heavy (non-hydrogen) atoms. The van der Waals surface area contributed by atoms with Crippen LogP contribution in [0, 0.1) is 0 Å². The van der Waals surface area contributed by atoms with Crippen molar-refractivity contribution in [1.29, 1.82) is 0 Å². The molecule has 2 aromatic carbocycles. The maximum absolute atomic E-state index is 12.1. The van der Waals surface area contributed by atoms with Crippen molar-refractivity contribution in [3.8, 4) is 0 Å². The number of nitrogens with zero attached hydrogens (tertiary/aromatic N) is 1. The summed E-state index contributed by atoms with van der Waals surface area (Å²) in [5.41, 5.74) is 0.833. The highest BCUT2D eigenvalue weighted by Crippen LogP contribution is 2.14. The van der Waals surface area contributed by atoms with Crippen LogP contribution in [0.4, 0.5) is 5.69 Å². The maximum Gasteiger partial charge on any atom is 0.338 e. The molecule has 9 heteroatoms. The molecule has 9 nitrogen and oxygen atoms in total. The monoisotopic (exact) mass is 437 g/mol. The molecule has 0 unspecified atom stereocenters. The predicted molar refractivity (Wildman–Crippen MR) is 117 cm³/mol. The lowest BCUT2D eigenvalue weighted by Crippen LogP contribution is -2.22. The Balaban J connectivity index is 1.50. The molecular formula is C23H23N3O6. The van der Waals surface area contributed by atoms with Crippen LogP contribution in [0.3, 0.4) is 0 Å². The van der Waals surface area contributed by atoms with Gasteiger partial charge >= 0.3 is 11.9 Å². The molecule has 0 atom stereocenters. The van der Waals surface area contributed by atoms with E-state index in [0.717, 1.165) is 12.8 Å². The lowest BCUT2D eigenvalue weighted by atomic mass is 10.1. The van der Waals surface area contributed by atoms with Crippen molar-refractivity contribution >= 4 is 34.3 Å². The summed E-state index contributed by atoms with van der Waals surface area (Å²) in [5.74, 6) is -1.61. The van der Waals surface area contributed by atoms with Gasteiger partial charge in [0.1, 0.15) is 0 Å². The standard InChI is InChI=1S/C23H23N3O6/c1-2-3-12-31-23(30)15-8-10-16(11-9-15)24-20(27)14-32-21(28)13-19-17-6-4-5-7-18(17)22(29)26-25-19/h4-11H,2-3,12-14H2,1H3,(H,24,27)(H,26,29). The molecule has 0 aliphatic heterocycles. The number of H-pyrrole nitrogens is 1. The molecule has 0 spiro atoms. The van der Waals surface area contributed by atoms with Crippen molar-refractivity contribution in [2.75, 3.05) is 18.5 Å². The number of anilines is 1. The number of hydrogen-bond donors (Lipinski definition) is 2. The summed E-state index contributed by atoms with van der Waals surface area (Å²) in [7, 11) is 0. The van der Waals surface area contributed by atoms with Gasteiger partial charge in [-0.2, -0.15) is 5.10 Å². The first-order chi connectivity index (χ1) is 15.5. The van der Waals surface area contributed by atoms with E-state index in [2.05, 4.69) is 15.5 Å².